The second-order valence-corrected chi connectivity index (χ2v) is 6.07. The molecule has 11 nitrogen and oxygen atoms in total. The van der Waals surface area contributed by atoms with E-state index in [2.05, 4.69) is 5.16 Å². The Balaban J connectivity index is 1.67. The molecule has 2 aliphatic heterocycles. The number of carbonyl (C=O) groups excluding carboxylic acids is 2. The summed E-state index contributed by atoms with van der Waals surface area (Å²) < 4.78 is 0. The number of hydrogen-bond acceptors (Lipinski definition) is 8. The Morgan fingerprint density at radius 2 is 1.61 bits per heavy atom. The molecule has 1 saturated heterocycles. The molecule has 2 aromatic carbocycles. The number of amides is 2. The molecule has 1 fully saturated rings. The number of fused-ring (bicyclic) bond motifs is 1. The van der Waals surface area contributed by atoms with E-state index in [0.717, 1.165) is 4.90 Å². The van der Waals surface area contributed by atoms with Crippen LogP contribution in [0.1, 0.15) is 5.56 Å². The summed E-state index contributed by atoms with van der Waals surface area (Å²) in [6.45, 7) is 0. The summed E-state index contributed by atoms with van der Waals surface area (Å²) in [5.74, 6) is -2.33. The van der Waals surface area contributed by atoms with Gasteiger partial charge in [-0.05, 0) is 12.1 Å². The fourth-order valence-corrected chi connectivity index (χ4v) is 3.17. The first-order valence-corrected chi connectivity index (χ1v) is 7.99. The van der Waals surface area contributed by atoms with Gasteiger partial charge >= 0.3 is 0 Å². The Morgan fingerprint density at radius 3 is 2.25 bits per heavy atom. The third-order valence-electron chi connectivity index (χ3n) is 4.48. The van der Waals surface area contributed by atoms with Crippen LogP contribution in [0.4, 0.5) is 17.1 Å². The quantitative estimate of drug-likeness (QED) is 0.445. The third-order valence-corrected chi connectivity index (χ3v) is 4.48. The Hall–Kier alpha value is -4.15. The van der Waals surface area contributed by atoms with E-state index in [1.54, 1.807) is 0 Å². The maximum atomic E-state index is 12.9. The van der Waals surface area contributed by atoms with Crippen molar-refractivity contribution in [2.45, 2.75) is 6.10 Å². The van der Waals surface area contributed by atoms with Crippen LogP contribution >= 0.6 is 0 Å². The monoisotopic (exact) mass is 382 g/mol. The molecule has 4 rings (SSSR count). The molecular weight excluding hydrogens is 372 g/mol. The van der Waals surface area contributed by atoms with E-state index in [4.69, 9.17) is 4.84 Å². The van der Waals surface area contributed by atoms with Gasteiger partial charge in [0.25, 0.3) is 17.3 Å². The molecule has 0 aliphatic carbocycles. The third kappa shape index (κ3) is 2.57. The number of imide groups is 1. The van der Waals surface area contributed by atoms with Crippen LogP contribution in [0.15, 0.2) is 53.7 Å². The number of rotatable bonds is 4. The minimum absolute atomic E-state index is 0.122. The van der Waals surface area contributed by atoms with E-state index >= 15 is 0 Å². The highest BCUT2D eigenvalue weighted by atomic mass is 16.7. The number of carbonyl (C=O) groups is 2. The summed E-state index contributed by atoms with van der Waals surface area (Å²) in [5, 5.41) is 25.5. The van der Waals surface area contributed by atoms with Crippen LogP contribution in [0, 0.1) is 26.1 Å². The topological polar surface area (TPSA) is 145 Å². The van der Waals surface area contributed by atoms with Gasteiger partial charge in [0.05, 0.1) is 15.5 Å². The number of nitrogens with zero attached hydrogens (tertiary/aromatic N) is 4. The number of benzene rings is 2. The lowest BCUT2D eigenvalue weighted by molar-refractivity contribution is -0.385. The number of nitro benzene ring substituents is 2. The normalized spacial score (nSPS) is 20.6. The second-order valence-electron chi connectivity index (χ2n) is 6.07. The molecule has 140 valence electrons. The van der Waals surface area contributed by atoms with Gasteiger partial charge in [0.15, 0.2) is 0 Å². The maximum absolute atomic E-state index is 12.9. The van der Waals surface area contributed by atoms with Crippen LogP contribution in [0.25, 0.3) is 0 Å². The molecule has 0 saturated carbocycles. The van der Waals surface area contributed by atoms with Gasteiger partial charge in [0, 0.05) is 29.8 Å². The summed E-state index contributed by atoms with van der Waals surface area (Å²) in [4.78, 5) is 52.1. The first kappa shape index (κ1) is 17.3. The average molecular weight is 382 g/mol. The van der Waals surface area contributed by atoms with E-state index in [-0.39, 0.29) is 22.8 Å². The average Bonchev–Trinajstić information content (AvgIpc) is 3.22. The molecule has 2 aromatic rings. The standard InChI is InChI=1S/C17H10N4O7/c22-16-13-14(9-2-1-3-12(8-9)21(26)27)18-28-15(13)17(23)19(16)10-4-6-11(7-5-10)20(24)25/h1-8,13,15H/t13-,15-/m1/s1. The van der Waals surface area contributed by atoms with Crippen LogP contribution < -0.4 is 4.90 Å². The van der Waals surface area contributed by atoms with Crippen molar-refractivity contribution in [3.8, 4) is 0 Å². The fraction of sp³-hybridized carbons (Fsp3) is 0.118. The maximum Gasteiger partial charge on any atom is 0.278 e. The van der Waals surface area contributed by atoms with Crippen LogP contribution in [-0.2, 0) is 14.4 Å². The number of nitro groups is 2. The van der Waals surface area contributed by atoms with Gasteiger partial charge in [-0.15, -0.1) is 0 Å². The minimum Gasteiger partial charge on any atom is -0.381 e. The molecule has 2 amide bonds. The van der Waals surface area contributed by atoms with Crippen LogP contribution in [0.3, 0.4) is 0 Å². The zero-order chi connectivity index (χ0) is 20.0. The highest BCUT2D eigenvalue weighted by molar-refractivity contribution is 6.32. The van der Waals surface area contributed by atoms with Crippen molar-refractivity contribution < 1.29 is 24.3 Å². The predicted octanol–water partition coefficient (Wildman–Crippen LogP) is 1.80. The largest absolute Gasteiger partial charge is 0.381 e. The molecular formula is C17H10N4O7. The van der Waals surface area contributed by atoms with Crippen LogP contribution in [0.2, 0.25) is 0 Å². The Labute approximate surface area is 156 Å². The van der Waals surface area contributed by atoms with Gasteiger partial charge < -0.3 is 4.84 Å². The molecule has 2 atom stereocenters. The van der Waals surface area contributed by atoms with Gasteiger partial charge in [0.1, 0.15) is 11.6 Å². The van der Waals surface area contributed by atoms with Gasteiger partial charge in [-0.2, -0.15) is 0 Å². The van der Waals surface area contributed by atoms with Gasteiger partial charge in [-0.25, -0.2) is 4.90 Å². The van der Waals surface area contributed by atoms with Gasteiger partial charge in [-0.3, -0.25) is 29.8 Å². The van der Waals surface area contributed by atoms with Crippen LogP contribution in [0.5, 0.6) is 0 Å². The lowest BCUT2D eigenvalue weighted by atomic mass is 9.94. The van der Waals surface area contributed by atoms with Crippen molar-refractivity contribution in [3.63, 3.8) is 0 Å². The SMILES string of the molecule is O=C1[C@@H]2C(c3cccc([N+](=O)[O-])c3)=NO[C@H]2C(=O)N1c1ccc([N+](=O)[O-])cc1. The zero-order valence-electron chi connectivity index (χ0n) is 13.9. The van der Waals surface area contributed by atoms with Crippen molar-refractivity contribution in [2.24, 2.45) is 11.1 Å². The van der Waals surface area contributed by atoms with Crippen molar-refractivity contribution in [2.75, 3.05) is 4.90 Å². The molecule has 0 spiro atoms. The molecule has 2 heterocycles. The number of non-ortho nitro benzene ring substituents is 2. The summed E-state index contributed by atoms with van der Waals surface area (Å²) in [5.41, 5.74) is 0.215. The first-order valence-electron chi connectivity index (χ1n) is 7.99. The molecule has 0 radical (unpaired) electrons. The summed E-state index contributed by atoms with van der Waals surface area (Å²) in [7, 11) is 0. The highest BCUT2D eigenvalue weighted by Gasteiger charge is 2.56. The lowest BCUT2D eigenvalue weighted by Crippen LogP contribution is -2.33. The van der Waals surface area contributed by atoms with Gasteiger partial charge in [-0.1, -0.05) is 17.3 Å². The molecule has 2 aliphatic rings. The fourth-order valence-electron chi connectivity index (χ4n) is 3.17. The molecule has 0 N–H and O–H groups in total. The Kier molecular flexibility index (Phi) is 3.84. The summed E-state index contributed by atoms with van der Waals surface area (Å²) in [6.07, 6.45) is -1.18. The molecule has 0 aromatic heterocycles. The molecule has 0 unspecified atom stereocenters. The first-order chi connectivity index (χ1) is 13.4. The molecule has 11 heteroatoms. The second kappa shape index (κ2) is 6.23. The zero-order valence-corrected chi connectivity index (χ0v) is 13.9. The number of oxime groups is 1. The van der Waals surface area contributed by atoms with E-state index in [0.29, 0.717) is 5.56 Å². The van der Waals surface area contributed by atoms with E-state index in [9.17, 15) is 29.8 Å². The number of anilines is 1. The Bertz CT molecular complexity index is 1060. The van der Waals surface area contributed by atoms with Crippen molar-refractivity contribution in [3.05, 3.63) is 74.3 Å². The van der Waals surface area contributed by atoms with Gasteiger partial charge in [0.2, 0.25) is 12.0 Å². The molecule has 0 bridgehead atoms. The van der Waals surface area contributed by atoms with Crippen LogP contribution in [-0.4, -0.2) is 33.5 Å². The summed E-state index contributed by atoms with van der Waals surface area (Å²) >= 11 is 0. The lowest BCUT2D eigenvalue weighted by Gasteiger charge is -2.15. The van der Waals surface area contributed by atoms with E-state index in [1.165, 1.54) is 48.5 Å². The number of hydrogen-bond donors (Lipinski definition) is 0. The van der Waals surface area contributed by atoms with Crippen molar-refractivity contribution in [1.29, 1.82) is 0 Å². The minimum atomic E-state index is -1.18. The van der Waals surface area contributed by atoms with E-state index in [1.807, 2.05) is 0 Å². The predicted molar refractivity (Wildman–Crippen MR) is 93.6 cm³/mol. The summed E-state index contributed by atoms with van der Waals surface area (Å²) in [6, 6.07) is 10.5. The highest BCUT2D eigenvalue weighted by Crippen LogP contribution is 2.36. The van der Waals surface area contributed by atoms with Crippen molar-refractivity contribution >= 4 is 34.6 Å². The molecule has 28 heavy (non-hydrogen) atoms. The smallest absolute Gasteiger partial charge is 0.278 e. The van der Waals surface area contributed by atoms with Crippen molar-refractivity contribution in [1.82, 2.24) is 0 Å². The Morgan fingerprint density at radius 1 is 0.929 bits per heavy atom. The van der Waals surface area contributed by atoms with E-state index < -0.39 is 33.7 Å².